The molecule has 1 amide bonds. The number of nitrogens with zero attached hydrogens (tertiary/aromatic N) is 1. The quantitative estimate of drug-likeness (QED) is 0.298. The number of Topliss-reactive ketones (excluding diaryl/α,β-unsaturated/α-hetero) is 1. The summed E-state index contributed by atoms with van der Waals surface area (Å²) in [5, 5.41) is 13.0. The van der Waals surface area contributed by atoms with E-state index in [-0.39, 0.29) is 40.1 Å². The van der Waals surface area contributed by atoms with Crippen molar-refractivity contribution in [3.8, 4) is 0 Å². The molecule has 1 saturated heterocycles. The second-order valence-electron chi connectivity index (χ2n) is 14.6. The van der Waals surface area contributed by atoms with E-state index in [1.54, 1.807) is 11.3 Å². The first kappa shape index (κ1) is 26.9. The first-order valence-electron chi connectivity index (χ1n) is 15.9. The number of thiophene rings is 1. The van der Waals surface area contributed by atoms with Crippen LogP contribution in [0.15, 0.2) is 71.6 Å². The fraction of sp³-hybridized carbons (Fsp3) is 0.556. The monoisotopic (exact) mass is 583 g/mol. The molecular weight excluding hydrogens is 542 g/mol. The Labute approximate surface area is 252 Å². The van der Waals surface area contributed by atoms with Crippen LogP contribution in [0.1, 0.15) is 74.0 Å². The second kappa shape index (κ2) is 8.92. The van der Waals surface area contributed by atoms with Crippen LogP contribution in [0.2, 0.25) is 0 Å². The highest BCUT2D eigenvalue weighted by molar-refractivity contribution is 7.09. The van der Waals surface area contributed by atoms with Gasteiger partial charge in [-0.05, 0) is 80.1 Å². The fourth-order valence-electron chi connectivity index (χ4n) is 11.0. The Bertz CT molecular complexity index is 1500. The van der Waals surface area contributed by atoms with Crippen LogP contribution in [-0.2, 0) is 11.2 Å². The second-order valence-corrected chi connectivity index (χ2v) is 15.6. The highest BCUT2D eigenvalue weighted by atomic mass is 32.1. The standard InChI is InChI=1S/C36H41NO4S/c1-32-14-10-25(38)21-34(32)17-18-36(27(22-34)30(39)24-7-4-3-5-8-24)28(32)11-15-33(2)29(36)12-16-35(33)23-37(31(40)41-35)19-13-26-9-6-20-42-26/h3-9,17-18,20,22,25,28-29,38H,10-16,19,21,23H2,1-2H3/t25-,28+,29+,32+,33-,34-,35+,36-/m0/s1. The van der Waals surface area contributed by atoms with Gasteiger partial charge in [-0.1, -0.05) is 68.5 Å². The smallest absolute Gasteiger partial charge is 0.410 e. The average Bonchev–Trinajstić information content (AvgIpc) is 3.70. The first-order chi connectivity index (χ1) is 20.2. The van der Waals surface area contributed by atoms with Crippen LogP contribution in [0.4, 0.5) is 4.79 Å². The van der Waals surface area contributed by atoms with Gasteiger partial charge in [-0.25, -0.2) is 4.79 Å². The summed E-state index contributed by atoms with van der Waals surface area (Å²) in [5.41, 5.74) is 0.169. The number of hydrogen-bond acceptors (Lipinski definition) is 5. The van der Waals surface area contributed by atoms with Crippen molar-refractivity contribution in [3.63, 3.8) is 0 Å². The van der Waals surface area contributed by atoms with E-state index in [1.807, 2.05) is 35.2 Å². The Balaban J connectivity index is 1.21. The van der Waals surface area contributed by atoms with Crippen LogP contribution >= 0.6 is 11.3 Å². The van der Waals surface area contributed by atoms with E-state index in [9.17, 15) is 14.7 Å². The molecule has 5 nitrogen and oxygen atoms in total. The van der Waals surface area contributed by atoms with Gasteiger partial charge in [-0.2, -0.15) is 0 Å². The van der Waals surface area contributed by atoms with E-state index in [1.165, 1.54) is 4.88 Å². The minimum absolute atomic E-state index is 0.0162. The molecule has 0 radical (unpaired) electrons. The van der Waals surface area contributed by atoms with Gasteiger partial charge in [0, 0.05) is 38.8 Å². The van der Waals surface area contributed by atoms with Gasteiger partial charge in [0.05, 0.1) is 12.6 Å². The molecule has 2 aromatic rings. The third-order valence-electron chi connectivity index (χ3n) is 13.2. The number of aliphatic hydroxyl groups excluding tert-OH is 1. The lowest BCUT2D eigenvalue weighted by Crippen LogP contribution is -2.67. The number of ether oxygens (including phenoxy) is 1. The Morgan fingerprint density at radius 3 is 2.55 bits per heavy atom. The molecule has 8 atom stereocenters. The Morgan fingerprint density at radius 2 is 1.76 bits per heavy atom. The molecule has 2 bridgehead atoms. The van der Waals surface area contributed by atoms with Gasteiger partial charge in [0.15, 0.2) is 5.78 Å². The molecular formula is C36H41NO4S. The van der Waals surface area contributed by atoms with Crippen molar-refractivity contribution in [1.82, 2.24) is 4.90 Å². The fourth-order valence-corrected chi connectivity index (χ4v) is 11.7. The van der Waals surface area contributed by atoms with Crippen molar-refractivity contribution >= 4 is 23.2 Å². The molecule has 220 valence electrons. The van der Waals surface area contributed by atoms with Crippen molar-refractivity contribution in [2.24, 2.45) is 33.5 Å². The number of hydrogen-bond donors (Lipinski definition) is 1. The highest BCUT2D eigenvalue weighted by Gasteiger charge is 2.76. The number of amides is 1. The topological polar surface area (TPSA) is 66.8 Å². The van der Waals surface area contributed by atoms with E-state index < -0.39 is 11.0 Å². The van der Waals surface area contributed by atoms with Crippen molar-refractivity contribution in [2.75, 3.05) is 13.1 Å². The predicted octanol–water partition coefficient (Wildman–Crippen LogP) is 7.22. The summed E-state index contributed by atoms with van der Waals surface area (Å²) in [7, 11) is 0. The molecule has 1 aromatic carbocycles. The molecule has 6 heteroatoms. The lowest BCUT2D eigenvalue weighted by Gasteiger charge is -2.71. The molecule has 1 N–H and O–H groups in total. The normalized spacial score (nSPS) is 43.1. The third-order valence-corrected chi connectivity index (χ3v) is 14.1. The zero-order valence-electron chi connectivity index (χ0n) is 24.7. The molecule has 1 aliphatic heterocycles. The van der Waals surface area contributed by atoms with Gasteiger partial charge in [-0.15, -0.1) is 11.3 Å². The van der Waals surface area contributed by atoms with E-state index in [0.717, 1.165) is 56.1 Å². The molecule has 6 aliphatic carbocycles. The van der Waals surface area contributed by atoms with Crippen molar-refractivity contribution in [1.29, 1.82) is 0 Å². The van der Waals surface area contributed by atoms with Crippen LogP contribution in [0.3, 0.4) is 0 Å². The van der Waals surface area contributed by atoms with Crippen LogP contribution < -0.4 is 0 Å². The van der Waals surface area contributed by atoms with Gasteiger partial charge in [0.1, 0.15) is 5.60 Å². The lowest BCUT2D eigenvalue weighted by molar-refractivity contribution is -0.164. The molecule has 3 saturated carbocycles. The van der Waals surface area contributed by atoms with Crippen LogP contribution in [-0.4, -0.2) is 46.7 Å². The zero-order valence-corrected chi connectivity index (χ0v) is 25.5. The molecule has 0 unspecified atom stereocenters. The van der Waals surface area contributed by atoms with Crippen LogP contribution in [0.25, 0.3) is 0 Å². The number of carbonyl (C=O) groups is 2. The summed E-state index contributed by atoms with van der Waals surface area (Å²) in [6.45, 7) is 6.12. The Kier molecular flexibility index (Phi) is 5.71. The number of ketones is 1. The van der Waals surface area contributed by atoms with Crippen molar-refractivity contribution in [2.45, 2.75) is 76.9 Å². The lowest BCUT2D eigenvalue weighted by atomic mass is 9.32. The number of carbonyl (C=O) groups excluding carboxylic acids is 2. The van der Waals surface area contributed by atoms with Gasteiger partial charge in [0.2, 0.25) is 0 Å². The third kappa shape index (κ3) is 3.29. The Hall–Kier alpha value is -2.70. The summed E-state index contributed by atoms with van der Waals surface area (Å²) in [4.78, 5) is 31.2. The van der Waals surface area contributed by atoms with Crippen LogP contribution in [0.5, 0.6) is 0 Å². The van der Waals surface area contributed by atoms with Gasteiger partial charge < -0.3 is 14.7 Å². The molecule has 7 aliphatic rings. The Morgan fingerprint density at radius 1 is 1.00 bits per heavy atom. The van der Waals surface area contributed by atoms with Crippen molar-refractivity contribution < 1.29 is 19.4 Å². The summed E-state index contributed by atoms with van der Waals surface area (Å²) >= 11 is 1.74. The number of benzene rings is 1. The number of allylic oxidation sites excluding steroid dienone is 4. The van der Waals surface area contributed by atoms with E-state index >= 15 is 0 Å². The van der Waals surface area contributed by atoms with E-state index in [4.69, 9.17) is 4.74 Å². The maximum Gasteiger partial charge on any atom is 0.410 e. The van der Waals surface area contributed by atoms with Crippen LogP contribution in [0, 0.1) is 33.5 Å². The summed E-state index contributed by atoms with van der Waals surface area (Å²) in [6.07, 6.45) is 13.7. The summed E-state index contributed by atoms with van der Waals surface area (Å²) < 4.78 is 6.50. The first-order valence-corrected chi connectivity index (χ1v) is 16.8. The number of rotatable bonds is 5. The number of fused-ring (bicyclic) bond motifs is 2. The molecule has 4 fully saturated rings. The molecule has 42 heavy (non-hydrogen) atoms. The van der Waals surface area contributed by atoms with Gasteiger partial charge in [0.25, 0.3) is 0 Å². The van der Waals surface area contributed by atoms with Gasteiger partial charge in [-0.3, -0.25) is 4.79 Å². The average molecular weight is 584 g/mol. The maximum absolute atomic E-state index is 14.5. The molecule has 2 heterocycles. The molecule has 9 rings (SSSR count). The largest absolute Gasteiger partial charge is 0.440 e. The summed E-state index contributed by atoms with van der Waals surface area (Å²) in [6, 6.07) is 13.9. The molecule has 1 aromatic heterocycles. The molecule has 3 spiro atoms. The minimum Gasteiger partial charge on any atom is -0.440 e. The highest BCUT2D eigenvalue weighted by Crippen LogP contribution is 2.79. The van der Waals surface area contributed by atoms with Gasteiger partial charge >= 0.3 is 6.09 Å². The van der Waals surface area contributed by atoms with E-state index in [2.05, 4.69) is 49.6 Å². The SMILES string of the molecule is C[C@]12CC[C@H]3[C@@]4(C=C[C@@]5(C=C4C(=O)c4ccccc4)C[C@@H](O)CC[C@]35C)[C@@H]1CC[C@@]21CN(CCc2cccs2)C(=O)O1. The van der Waals surface area contributed by atoms with Crippen molar-refractivity contribution in [3.05, 3.63) is 82.1 Å². The summed E-state index contributed by atoms with van der Waals surface area (Å²) in [5.74, 6) is 0.638. The minimum atomic E-state index is -0.533. The number of aliphatic hydroxyl groups is 1. The maximum atomic E-state index is 14.5. The van der Waals surface area contributed by atoms with E-state index in [0.29, 0.717) is 25.4 Å². The predicted molar refractivity (Wildman–Crippen MR) is 163 cm³/mol. The zero-order chi connectivity index (χ0) is 29.0.